The highest BCUT2D eigenvalue weighted by atomic mass is 16.5. The van der Waals surface area contributed by atoms with Gasteiger partial charge in [-0.05, 0) is 68.4 Å². The normalized spacial score (nSPS) is 31.6. The number of benzene rings is 1. The van der Waals surface area contributed by atoms with E-state index in [1.807, 2.05) is 23.1 Å². The fraction of sp³-hybridized carbons (Fsp3) is 0.680. The summed E-state index contributed by atoms with van der Waals surface area (Å²) in [6, 6.07) is 8.07. The number of amides is 2. The molecule has 1 aromatic carbocycles. The molecule has 5 aliphatic rings. The van der Waals surface area contributed by atoms with Crippen LogP contribution in [0.3, 0.4) is 0 Å². The van der Waals surface area contributed by atoms with E-state index in [4.69, 9.17) is 4.74 Å². The van der Waals surface area contributed by atoms with Crippen molar-refractivity contribution >= 4 is 17.5 Å². The van der Waals surface area contributed by atoms with E-state index < -0.39 is 0 Å². The molecule has 4 aliphatic carbocycles. The fourth-order valence-electron chi connectivity index (χ4n) is 7.04. The molecule has 1 saturated heterocycles. The first-order valence-electron chi connectivity index (χ1n) is 12.0. The van der Waals surface area contributed by atoms with Crippen LogP contribution in [0.4, 0.5) is 5.69 Å². The summed E-state index contributed by atoms with van der Waals surface area (Å²) in [5.74, 6) is 3.52. The Balaban J connectivity index is 1.07. The SMILES string of the molecule is COc1cccc(N2CCN(C(=O)CCNC(=O)C34CC5CC(CC(C5)C3)C4)CC2)c1. The van der Waals surface area contributed by atoms with E-state index in [0.29, 0.717) is 13.0 Å². The summed E-state index contributed by atoms with van der Waals surface area (Å²) >= 11 is 0. The third kappa shape index (κ3) is 4.13. The van der Waals surface area contributed by atoms with Crippen molar-refractivity contribution in [2.24, 2.45) is 23.2 Å². The smallest absolute Gasteiger partial charge is 0.226 e. The van der Waals surface area contributed by atoms with Gasteiger partial charge in [0, 0.05) is 56.3 Å². The van der Waals surface area contributed by atoms with E-state index >= 15 is 0 Å². The lowest BCUT2D eigenvalue weighted by Gasteiger charge is -2.55. The van der Waals surface area contributed by atoms with Crippen LogP contribution >= 0.6 is 0 Å². The van der Waals surface area contributed by atoms with Crippen LogP contribution in [0.1, 0.15) is 44.9 Å². The van der Waals surface area contributed by atoms with Gasteiger partial charge in [0.25, 0.3) is 0 Å². The molecular formula is C25H35N3O3. The maximum absolute atomic E-state index is 13.1. The predicted octanol–water partition coefficient (Wildman–Crippen LogP) is 3.07. The largest absolute Gasteiger partial charge is 0.497 e. The number of hydrogen-bond donors (Lipinski definition) is 1. The molecule has 1 N–H and O–H groups in total. The molecule has 6 heteroatoms. The molecule has 1 aromatic rings. The lowest BCUT2D eigenvalue weighted by molar-refractivity contribution is -0.146. The van der Waals surface area contributed by atoms with Crippen molar-refractivity contribution in [1.82, 2.24) is 10.2 Å². The third-order valence-corrected chi connectivity index (χ3v) is 8.20. The van der Waals surface area contributed by atoms with Crippen molar-refractivity contribution in [3.8, 4) is 5.75 Å². The summed E-state index contributed by atoms with van der Waals surface area (Å²) in [6.07, 6.45) is 7.64. The highest BCUT2D eigenvalue weighted by Gasteiger charge is 2.54. The van der Waals surface area contributed by atoms with E-state index in [-0.39, 0.29) is 17.2 Å². The lowest BCUT2D eigenvalue weighted by Crippen LogP contribution is -2.54. The summed E-state index contributed by atoms with van der Waals surface area (Å²) in [6.45, 7) is 3.55. The summed E-state index contributed by atoms with van der Waals surface area (Å²) < 4.78 is 5.32. The Morgan fingerprint density at radius 2 is 1.68 bits per heavy atom. The van der Waals surface area contributed by atoms with Gasteiger partial charge in [0.15, 0.2) is 0 Å². The van der Waals surface area contributed by atoms with E-state index in [0.717, 1.165) is 74.6 Å². The number of ether oxygens (including phenoxy) is 1. The molecule has 1 aliphatic heterocycles. The van der Waals surface area contributed by atoms with Crippen LogP contribution < -0.4 is 15.0 Å². The second-order valence-corrected chi connectivity index (χ2v) is 10.3. The van der Waals surface area contributed by atoms with Crippen molar-refractivity contribution in [2.45, 2.75) is 44.9 Å². The zero-order valence-corrected chi connectivity index (χ0v) is 18.6. The number of anilines is 1. The summed E-state index contributed by atoms with van der Waals surface area (Å²) in [5, 5.41) is 3.15. The molecule has 2 amide bonds. The van der Waals surface area contributed by atoms with Crippen LogP contribution in [0.5, 0.6) is 5.75 Å². The Labute approximate surface area is 185 Å². The van der Waals surface area contributed by atoms with Gasteiger partial charge in [0.05, 0.1) is 7.11 Å². The van der Waals surface area contributed by atoms with Crippen LogP contribution in [0.2, 0.25) is 0 Å². The number of carbonyl (C=O) groups excluding carboxylic acids is 2. The first-order valence-corrected chi connectivity index (χ1v) is 12.0. The van der Waals surface area contributed by atoms with Gasteiger partial charge in [-0.3, -0.25) is 9.59 Å². The molecule has 0 atom stereocenters. The summed E-state index contributed by atoms with van der Waals surface area (Å²) in [4.78, 5) is 30.0. The molecule has 0 aromatic heterocycles. The molecule has 5 fully saturated rings. The van der Waals surface area contributed by atoms with Crippen molar-refractivity contribution in [3.05, 3.63) is 24.3 Å². The van der Waals surface area contributed by atoms with E-state index in [1.54, 1.807) is 7.11 Å². The summed E-state index contributed by atoms with van der Waals surface area (Å²) in [5.41, 5.74) is 1.01. The van der Waals surface area contributed by atoms with Crippen LogP contribution in [0, 0.1) is 23.2 Å². The zero-order chi connectivity index (χ0) is 21.4. The lowest BCUT2D eigenvalue weighted by atomic mass is 9.49. The highest BCUT2D eigenvalue weighted by Crippen LogP contribution is 2.60. The number of piperazine rings is 1. The molecular weight excluding hydrogens is 390 g/mol. The number of nitrogens with zero attached hydrogens (tertiary/aromatic N) is 2. The first kappa shape index (κ1) is 20.7. The van der Waals surface area contributed by atoms with Gasteiger partial charge in [0.1, 0.15) is 5.75 Å². The van der Waals surface area contributed by atoms with Gasteiger partial charge in [-0.15, -0.1) is 0 Å². The van der Waals surface area contributed by atoms with Crippen molar-refractivity contribution in [2.75, 3.05) is 44.7 Å². The number of hydrogen-bond acceptors (Lipinski definition) is 4. The van der Waals surface area contributed by atoms with Gasteiger partial charge in [-0.2, -0.15) is 0 Å². The Hall–Kier alpha value is -2.24. The van der Waals surface area contributed by atoms with Crippen LogP contribution in [-0.4, -0.2) is 56.5 Å². The molecule has 0 unspecified atom stereocenters. The monoisotopic (exact) mass is 425 g/mol. The number of carbonyl (C=O) groups is 2. The Kier molecular flexibility index (Phi) is 5.57. The number of nitrogens with one attached hydrogen (secondary N) is 1. The van der Waals surface area contributed by atoms with Gasteiger partial charge < -0.3 is 19.9 Å². The zero-order valence-electron chi connectivity index (χ0n) is 18.6. The highest BCUT2D eigenvalue weighted by molar-refractivity contribution is 5.84. The second kappa shape index (κ2) is 8.36. The van der Waals surface area contributed by atoms with Crippen molar-refractivity contribution < 1.29 is 14.3 Å². The fourth-order valence-corrected chi connectivity index (χ4v) is 7.04. The third-order valence-electron chi connectivity index (χ3n) is 8.20. The Bertz CT molecular complexity index is 796. The Morgan fingerprint density at radius 3 is 2.29 bits per heavy atom. The standard InChI is InChI=1S/C25H35N3O3/c1-31-22-4-2-3-21(14-22)27-7-9-28(10-8-27)23(29)5-6-26-24(30)25-15-18-11-19(16-25)13-20(12-18)17-25/h2-4,14,18-20H,5-13,15-17H2,1H3,(H,26,30). The van der Waals surface area contributed by atoms with Gasteiger partial charge in [-0.25, -0.2) is 0 Å². The summed E-state index contributed by atoms with van der Waals surface area (Å²) in [7, 11) is 1.68. The molecule has 6 nitrogen and oxygen atoms in total. The molecule has 31 heavy (non-hydrogen) atoms. The van der Waals surface area contributed by atoms with Crippen LogP contribution in [-0.2, 0) is 9.59 Å². The van der Waals surface area contributed by atoms with Gasteiger partial charge >= 0.3 is 0 Å². The number of rotatable bonds is 6. The predicted molar refractivity (Wildman–Crippen MR) is 120 cm³/mol. The average Bonchev–Trinajstić information content (AvgIpc) is 2.78. The van der Waals surface area contributed by atoms with E-state index in [2.05, 4.69) is 16.3 Å². The van der Waals surface area contributed by atoms with Crippen LogP contribution in [0.15, 0.2) is 24.3 Å². The Morgan fingerprint density at radius 1 is 1.03 bits per heavy atom. The van der Waals surface area contributed by atoms with Crippen molar-refractivity contribution in [1.29, 1.82) is 0 Å². The maximum Gasteiger partial charge on any atom is 0.226 e. The quantitative estimate of drug-likeness (QED) is 0.761. The molecule has 4 bridgehead atoms. The maximum atomic E-state index is 13.1. The minimum Gasteiger partial charge on any atom is -0.497 e. The first-order chi connectivity index (χ1) is 15.0. The van der Waals surface area contributed by atoms with Gasteiger partial charge in [0.2, 0.25) is 11.8 Å². The minimum atomic E-state index is -0.125. The molecule has 0 spiro atoms. The molecule has 4 saturated carbocycles. The topological polar surface area (TPSA) is 61.9 Å². The minimum absolute atomic E-state index is 0.125. The molecule has 0 radical (unpaired) electrons. The van der Waals surface area contributed by atoms with Gasteiger partial charge in [-0.1, -0.05) is 6.07 Å². The number of methoxy groups -OCH3 is 1. The molecule has 6 rings (SSSR count). The molecule has 1 heterocycles. The van der Waals surface area contributed by atoms with E-state index in [9.17, 15) is 9.59 Å². The molecule has 168 valence electrons. The van der Waals surface area contributed by atoms with E-state index in [1.165, 1.54) is 19.3 Å². The average molecular weight is 426 g/mol. The van der Waals surface area contributed by atoms with Crippen molar-refractivity contribution in [3.63, 3.8) is 0 Å². The second-order valence-electron chi connectivity index (χ2n) is 10.3. The van der Waals surface area contributed by atoms with Crippen LogP contribution in [0.25, 0.3) is 0 Å².